The Bertz CT molecular complexity index is 312. The molecule has 0 radical (unpaired) electrons. The quantitative estimate of drug-likeness (QED) is 0.594. The Labute approximate surface area is 78.2 Å². The summed E-state index contributed by atoms with van der Waals surface area (Å²) in [5.74, 6) is -0.296. The van der Waals surface area contributed by atoms with E-state index in [-0.39, 0.29) is 18.1 Å². The predicted octanol–water partition coefficient (Wildman–Crippen LogP) is 2.07. The van der Waals surface area contributed by atoms with Crippen molar-refractivity contribution in [2.75, 3.05) is 0 Å². The van der Waals surface area contributed by atoms with Gasteiger partial charge in [-0.15, -0.1) is 0 Å². The predicted molar refractivity (Wildman–Crippen MR) is 49.7 cm³/mol. The maximum absolute atomic E-state index is 12.9. The van der Waals surface area contributed by atoms with Crippen LogP contribution in [0.5, 0.6) is 0 Å². The van der Waals surface area contributed by atoms with Crippen LogP contribution in [0.25, 0.3) is 0 Å². The van der Waals surface area contributed by atoms with Crippen molar-refractivity contribution in [2.24, 2.45) is 5.73 Å². The molecule has 0 aliphatic carbocycles. The van der Waals surface area contributed by atoms with Crippen LogP contribution in [-0.2, 0) is 6.42 Å². The van der Waals surface area contributed by atoms with Crippen molar-refractivity contribution >= 4 is 21.8 Å². The summed E-state index contributed by atoms with van der Waals surface area (Å²) in [7, 11) is 0. The number of benzene rings is 1. The van der Waals surface area contributed by atoms with E-state index in [0.29, 0.717) is 10.0 Å². The molecule has 0 amide bonds. The molecule has 0 aromatic heterocycles. The van der Waals surface area contributed by atoms with Crippen molar-refractivity contribution in [2.45, 2.75) is 6.42 Å². The lowest BCUT2D eigenvalue weighted by atomic mass is 10.1. The van der Waals surface area contributed by atoms with Gasteiger partial charge in [0.15, 0.2) is 0 Å². The van der Waals surface area contributed by atoms with Gasteiger partial charge in [-0.2, -0.15) is 0 Å². The Kier molecular flexibility index (Phi) is 2.81. The van der Waals surface area contributed by atoms with Gasteiger partial charge >= 0.3 is 0 Å². The molecular formula is C8H8BrFN2. The molecule has 0 saturated carbocycles. The third-order valence-electron chi connectivity index (χ3n) is 1.41. The highest BCUT2D eigenvalue weighted by atomic mass is 79.9. The normalized spacial score (nSPS) is 9.83. The Hall–Kier alpha value is -0.900. The fourth-order valence-electron chi connectivity index (χ4n) is 0.890. The fourth-order valence-corrected chi connectivity index (χ4v) is 1.29. The first kappa shape index (κ1) is 9.19. The standard InChI is InChI=1S/C8H8BrFN2/c9-8-5(4-7(11)12)2-1-3-6(8)10/h1-3H,4H2,(H3,11,12). The van der Waals surface area contributed by atoms with Crippen LogP contribution in [0, 0.1) is 11.2 Å². The van der Waals surface area contributed by atoms with Crippen molar-refractivity contribution in [1.29, 1.82) is 5.41 Å². The second-order valence-electron chi connectivity index (χ2n) is 2.41. The molecule has 3 N–H and O–H groups in total. The molecule has 0 aliphatic heterocycles. The lowest BCUT2D eigenvalue weighted by molar-refractivity contribution is 0.619. The zero-order valence-corrected chi connectivity index (χ0v) is 7.86. The van der Waals surface area contributed by atoms with Crippen LogP contribution in [0.15, 0.2) is 22.7 Å². The van der Waals surface area contributed by atoms with Crippen LogP contribution in [0.3, 0.4) is 0 Å². The van der Waals surface area contributed by atoms with Gasteiger partial charge in [-0.3, -0.25) is 5.41 Å². The number of hydrogen-bond acceptors (Lipinski definition) is 1. The molecule has 0 aliphatic rings. The van der Waals surface area contributed by atoms with Gasteiger partial charge in [0.25, 0.3) is 0 Å². The summed E-state index contributed by atoms with van der Waals surface area (Å²) in [5.41, 5.74) is 5.88. The van der Waals surface area contributed by atoms with Crippen LogP contribution >= 0.6 is 15.9 Å². The van der Waals surface area contributed by atoms with Gasteiger partial charge in [-0.05, 0) is 27.6 Å². The molecule has 64 valence electrons. The van der Waals surface area contributed by atoms with E-state index in [1.807, 2.05) is 0 Å². The minimum Gasteiger partial charge on any atom is -0.387 e. The Balaban J connectivity index is 3.00. The van der Waals surface area contributed by atoms with Crippen molar-refractivity contribution in [1.82, 2.24) is 0 Å². The first-order valence-corrected chi connectivity index (χ1v) is 4.16. The summed E-state index contributed by atoms with van der Waals surface area (Å²) in [6.45, 7) is 0. The number of nitrogens with one attached hydrogen (secondary N) is 1. The van der Waals surface area contributed by atoms with Gasteiger partial charge < -0.3 is 5.73 Å². The SMILES string of the molecule is N=C(N)Cc1cccc(F)c1Br. The Morgan fingerprint density at radius 3 is 2.83 bits per heavy atom. The monoisotopic (exact) mass is 230 g/mol. The summed E-state index contributed by atoms with van der Waals surface area (Å²) >= 11 is 3.08. The molecule has 0 atom stereocenters. The first-order valence-electron chi connectivity index (χ1n) is 3.37. The first-order chi connectivity index (χ1) is 5.61. The van der Waals surface area contributed by atoms with Crippen LogP contribution in [0.2, 0.25) is 0 Å². The summed E-state index contributed by atoms with van der Waals surface area (Å²) in [6.07, 6.45) is 0.276. The Morgan fingerprint density at radius 1 is 1.58 bits per heavy atom. The number of amidine groups is 1. The molecule has 1 aromatic carbocycles. The molecule has 2 nitrogen and oxygen atoms in total. The number of rotatable bonds is 2. The van der Waals surface area contributed by atoms with Crippen molar-refractivity contribution < 1.29 is 4.39 Å². The summed E-state index contributed by atoms with van der Waals surface area (Å²) in [6, 6.07) is 4.68. The highest BCUT2D eigenvalue weighted by Crippen LogP contribution is 2.20. The maximum Gasteiger partial charge on any atom is 0.137 e. The molecule has 0 spiro atoms. The smallest absolute Gasteiger partial charge is 0.137 e. The van der Waals surface area contributed by atoms with Crippen molar-refractivity contribution in [3.63, 3.8) is 0 Å². The zero-order valence-electron chi connectivity index (χ0n) is 6.27. The molecule has 0 heterocycles. The van der Waals surface area contributed by atoms with E-state index in [1.165, 1.54) is 6.07 Å². The van der Waals surface area contributed by atoms with E-state index >= 15 is 0 Å². The number of hydrogen-bond donors (Lipinski definition) is 2. The van der Waals surface area contributed by atoms with Gasteiger partial charge in [0, 0.05) is 6.42 Å². The third kappa shape index (κ3) is 2.04. The van der Waals surface area contributed by atoms with E-state index in [9.17, 15) is 4.39 Å². The number of halogens is 2. The van der Waals surface area contributed by atoms with Crippen molar-refractivity contribution in [3.8, 4) is 0 Å². The van der Waals surface area contributed by atoms with Crippen LogP contribution < -0.4 is 5.73 Å². The summed E-state index contributed by atoms with van der Waals surface area (Å²) < 4.78 is 13.3. The van der Waals surface area contributed by atoms with Gasteiger partial charge in [-0.25, -0.2) is 4.39 Å². The fraction of sp³-hybridized carbons (Fsp3) is 0.125. The maximum atomic E-state index is 12.9. The van der Waals surface area contributed by atoms with E-state index in [0.717, 1.165) is 0 Å². The summed E-state index contributed by atoms with van der Waals surface area (Å²) in [4.78, 5) is 0. The average Bonchev–Trinajstić information content (AvgIpc) is 1.98. The molecule has 0 fully saturated rings. The summed E-state index contributed by atoms with van der Waals surface area (Å²) in [5, 5.41) is 7.03. The largest absolute Gasteiger partial charge is 0.387 e. The van der Waals surface area contributed by atoms with Gasteiger partial charge in [-0.1, -0.05) is 12.1 Å². The number of nitrogens with two attached hydrogens (primary N) is 1. The van der Waals surface area contributed by atoms with Crippen LogP contribution in [0.4, 0.5) is 4.39 Å². The second-order valence-corrected chi connectivity index (χ2v) is 3.21. The molecule has 4 heteroatoms. The molecular weight excluding hydrogens is 223 g/mol. The van der Waals surface area contributed by atoms with Gasteiger partial charge in [0.2, 0.25) is 0 Å². The van der Waals surface area contributed by atoms with E-state index < -0.39 is 0 Å². The van der Waals surface area contributed by atoms with Gasteiger partial charge in [0.1, 0.15) is 5.82 Å². The minimum absolute atomic E-state index is 0.0290. The van der Waals surface area contributed by atoms with Crippen LogP contribution in [0.1, 0.15) is 5.56 Å². The average molecular weight is 231 g/mol. The lowest BCUT2D eigenvalue weighted by Gasteiger charge is -2.02. The zero-order chi connectivity index (χ0) is 9.14. The molecule has 1 rings (SSSR count). The third-order valence-corrected chi connectivity index (χ3v) is 2.30. The highest BCUT2D eigenvalue weighted by molar-refractivity contribution is 9.10. The topological polar surface area (TPSA) is 49.9 Å². The van der Waals surface area contributed by atoms with Crippen molar-refractivity contribution in [3.05, 3.63) is 34.1 Å². The molecule has 1 aromatic rings. The second kappa shape index (κ2) is 3.67. The van der Waals surface area contributed by atoms with E-state index in [2.05, 4.69) is 15.9 Å². The molecule has 0 bridgehead atoms. The lowest BCUT2D eigenvalue weighted by Crippen LogP contribution is -2.13. The minimum atomic E-state index is -0.325. The van der Waals surface area contributed by atoms with Gasteiger partial charge in [0.05, 0.1) is 10.3 Å². The van der Waals surface area contributed by atoms with Crippen LogP contribution in [-0.4, -0.2) is 5.84 Å². The Morgan fingerprint density at radius 2 is 2.25 bits per heavy atom. The molecule has 0 saturated heterocycles. The van der Waals surface area contributed by atoms with E-state index in [4.69, 9.17) is 11.1 Å². The highest BCUT2D eigenvalue weighted by Gasteiger charge is 2.05. The van der Waals surface area contributed by atoms with E-state index in [1.54, 1.807) is 12.1 Å². The molecule has 0 unspecified atom stereocenters. The molecule has 12 heavy (non-hydrogen) atoms.